The molecule has 3 aromatic rings. The van der Waals surface area contributed by atoms with Crippen molar-refractivity contribution < 1.29 is 27.1 Å². The molecule has 1 fully saturated rings. The predicted octanol–water partition coefficient (Wildman–Crippen LogP) is 5.97. The second-order valence-electron chi connectivity index (χ2n) is 7.00. The number of nitrogens with one attached hydrogen (secondary N) is 1. The van der Waals surface area contributed by atoms with Crippen molar-refractivity contribution in [1.82, 2.24) is 5.43 Å². The molecule has 0 bridgehead atoms. The molecule has 2 heterocycles. The number of hydrogen-bond acceptors (Lipinski definition) is 6. The van der Waals surface area contributed by atoms with Crippen molar-refractivity contribution in [3.63, 3.8) is 0 Å². The summed E-state index contributed by atoms with van der Waals surface area (Å²) in [6.45, 7) is -0.211. The van der Waals surface area contributed by atoms with Crippen molar-refractivity contribution in [1.29, 1.82) is 0 Å². The van der Waals surface area contributed by atoms with Gasteiger partial charge < -0.3 is 9.15 Å². The topological polar surface area (TPSA) is 63.8 Å². The molecule has 1 amide bonds. The highest BCUT2D eigenvalue weighted by atomic mass is 32.2. The number of amides is 1. The van der Waals surface area contributed by atoms with Gasteiger partial charge in [-0.05, 0) is 42.0 Å². The summed E-state index contributed by atoms with van der Waals surface area (Å²) < 4.78 is 50.1. The average molecular weight is 493 g/mol. The maximum absolute atomic E-state index is 12.9. The third-order valence-electron chi connectivity index (χ3n) is 4.63. The number of thioether (sulfide) groups is 2. The summed E-state index contributed by atoms with van der Waals surface area (Å²) in [5.74, 6) is 2.97. The number of alkyl halides is 3. The molecule has 1 saturated heterocycles. The summed E-state index contributed by atoms with van der Waals surface area (Å²) in [5.41, 5.74) is 3.08. The van der Waals surface area contributed by atoms with E-state index in [1.807, 2.05) is 47.8 Å². The van der Waals surface area contributed by atoms with Crippen LogP contribution in [0.4, 0.5) is 13.2 Å². The van der Waals surface area contributed by atoms with Crippen LogP contribution >= 0.6 is 23.5 Å². The second-order valence-corrected chi connectivity index (χ2v) is 9.73. The molecular formula is C23H19F3N2O3S2. The number of halogens is 3. The molecule has 0 radical (unpaired) electrons. The molecule has 0 spiro atoms. The lowest BCUT2D eigenvalue weighted by Gasteiger charge is -2.09. The molecular weight excluding hydrogens is 473 g/mol. The van der Waals surface area contributed by atoms with Gasteiger partial charge in [0, 0.05) is 17.1 Å². The number of hydrazone groups is 1. The minimum absolute atomic E-state index is 0.211. The highest BCUT2D eigenvalue weighted by Crippen LogP contribution is 2.45. The first kappa shape index (κ1) is 23.3. The van der Waals surface area contributed by atoms with Crippen LogP contribution in [0.5, 0.6) is 5.75 Å². The first-order valence-corrected chi connectivity index (χ1v) is 12.0. The van der Waals surface area contributed by atoms with E-state index in [4.69, 9.17) is 9.15 Å². The fourth-order valence-electron chi connectivity index (χ4n) is 3.05. The summed E-state index contributed by atoms with van der Waals surface area (Å²) in [4.78, 5) is 11.9. The van der Waals surface area contributed by atoms with Crippen LogP contribution in [-0.4, -0.2) is 30.2 Å². The zero-order valence-electron chi connectivity index (χ0n) is 17.2. The fraction of sp³-hybridized carbons (Fsp3) is 0.217. The lowest BCUT2D eigenvalue weighted by molar-refractivity contribution is -0.137. The highest BCUT2D eigenvalue weighted by Gasteiger charge is 2.30. The molecule has 1 aromatic heterocycles. The summed E-state index contributed by atoms with van der Waals surface area (Å²) in [5, 5.41) is 3.80. The Balaban J connectivity index is 1.26. The normalized spacial score (nSPS) is 14.6. The number of ether oxygens (including phenoxy) is 1. The van der Waals surface area contributed by atoms with Crippen LogP contribution in [-0.2, 0) is 11.0 Å². The molecule has 0 aliphatic carbocycles. The van der Waals surface area contributed by atoms with Gasteiger partial charge in [0.25, 0.3) is 5.91 Å². The Kier molecular flexibility index (Phi) is 7.34. The molecule has 5 nitrogen and oxygen atoms in total. The van der Waals surface area contributed by atoms with Crippen LogP contribution in [0.3, 0.4) is 0 Å². The lowest BCUT2D eigenvalue weighted by Crippen LogP contribution is -2.24. The van der Waals surface area contributed by atoms with Crippen LogP contribution in [0.25, 0.3) is 11.3 Å². The van der Waals surface area contributed by atoms with Crippen LogP contribution in [0.1, 0.15) is 21.5 Å². The Morgan fingerprint density at radius 3 is 2.61 bits per heavy atom. The number of benzene rings is 2. The Labute approximate surface area is 196 Å². The largest absolute Gasteiger partial charge is 0.484 e. The van der Waals surface area contributed by atoms with Crippen LogP contribution < -0.4 is 10.2 Å². The number of carbonyl (C=O) groups is 1. The van der Waals surface area contributed by atoms with E-state index in [2.05, 4.69) is 10.5 Å². The maximum atomic E-state index is 12.9. The van der Waals surface area contributed by atoms with Crippen molar-refractivity contribution in [2.75, 3.05) is 18.1 Å². The van der Waals surface area contributed by atoms with Crippen molar-refractivity contribution >= 4 is 35.6 Å². The van der Waals surface area contributed by atoms with Crippen molar-refractivity contribution in [2.45, 2.75) is 10.8 Å². The maximum Gasteiger partial charge on any atom is 0.416 e. The van der Waals surface area contributed by atoms with Gasteiger partial charge in [-0.3, -0.25) is 4.79 Å². The van der Waals surface area contributed by atoms with Crippen molar-refractivity contribution in [3.05, 3.63) is 77.6 Å². The predicted molar refractivity (Wildman–Crippen MR) is 124 cm³/mol. The first-order chi connectivity index (χ1) is 15.9. The third kappa shape index (κ3) is 6.35. The van der Waals surface area contributed by atoms with Crippen LogP contribution in [0.15, 0.2) is 70.2 Å². The van der Waals surface area contributed by atoms with Gasteiger partial charge >= 0.3 is 6.18 Å². The van der Waals surface area contributed by atoms with E-state index >= 15 is 0 Å². The van der Waals surface area contributed by atoms with Gasteiger partial charge in [0.05, 0.1) is 16.4 Å². The zero-order chi connectivity index (χ0) is 23.3. The molecule has 2 aromatic carbocycles. The molecule has 1 aliphatic rings. The minimum atomic E-state index is -4.44. The Hall–Kier alpha value is -2.85. The number of nitrogens with zero attached hydrogens (tertiary/aromatic N) is 1. The van der Waals surface area contributed by atoms with E-state index < -0.39 is 17.6 Å². The zero-order valence-corrected chi connectivity index (χ0v) is 18.8. The molecule has 1 aliphatic heterocycles. The van der Waals surface area contributed by atoms with Crippen LogP contribution in [0, 0.1) is 0 Å². The Bertz CT molecular complexity index is 1120. The van der Waals surface area contributed by atoms with Gasteiger partial charge in [-0.1, -0.05) is 24.3 Å². The standard InChI is InChI=1S/C23H19F3N2O3S2/c24-23(25,26)17-3-1-2-16(12-17)20-9-8-19(31-20)13-27-28-21(29)14-30-18-6-4-15(5-7-18)22-32-10-11-33-22/h1-9,12-13,22H,10-11,14H2,(H,28,29)/b27-13-. The first-order valence-electron chi connectivity index (χ1n) is 9.94. The summed E-state index contributed by atoms with van der Waals surface area (Å²) in [6.07, 6.45) is -3.17. The summed E-state index contributed by atoms with van der Waals surface area (Å²) in [6, 6.07) is 15.6. The average Bonchev–Trinajstić information content (AvgIpc) is 3.50. The molecule has 0 atom stereocenters. The molecule has 172 valence electrons. The summed E-state index contributed by atoms with van der Waals surface area (Å²) >= 11 is 3.84. The van der Waals surface area contributed by atoms with Gasteiger partial charge in [-0.15, -0.1) is 23.5 Å². The number of carbonyl (C=O) groups excluding carboxylic acids is 1. The van der Waals surface area contributed by atoms with Gasteiger partial charge in [-0.2, -0.15) is 18.3 Å². The van der Waals surface area contributed by atoms with E-state index in [9.17, 15) is 18.0 Å². The minimum Gasteiger partial charge on any atom is -0.484 e. The number of hydrogen-bond donors (Lipinski definition) is 1. The lowest BCUT2D eigenvalue weighted by atomic mass is 10.1. The van der Waals surface area contributed by atoms with Crippen LogP contribution in [0.2, 0.25) is 0 Å². The molecule has 10 heteroatoms. The van der Waals surface area contributed by atoms with Gasteiger partial charge in [-0.25, -0.2) is 5.43 Å². The monoisotopic (exact) mass is 492 g/mol. The van der Waals surface area contributed by atoms with E-state index in [1.165, 1.54) is 30.0 Å². The quantitative estimate of drug-likeness (QED) is 0.325. The van der Waals surface area contributed by atoms with Gasteiger partial charge in [0.1, 0.15) is 17.3 Å². The Morgan fingerprint density at radius 1 is 1.12 bits per heavy atom. The smallest absolute Gasteiger partial charge is 0.416 e. The molecule has 4 rings (SSSR count). The van der Waals surface area contributed by atoms with E-state index in [0.29, 0.717) is 10.3 Å². The van der Waals surface area contributed by atoms with E-state index in [0.717, 1.165) is 23.6 Å². The number of furan rings is 1. The third-order valence-corrected chi connectivity index (χ3v) is 7.73. The van der Waals surface area contributed by atoms with Gasteiger partial charge in [0.15, 0.2) is 6.61 Å². The molecule has 0 saturated carbocycles. The number of rotatable bonds is 7. The summed E-state index contributed by atoms with van der Waals surface area (Å²) in [7, 11) is 0. The van der Waals surface area contributed by atoms with Gasteiger partial charge in [0.2, 0.25) is 0 Å². The SMILES string of the molecule is O=C(COc1ccc(C2SCCS2)cc1)N/N=C\c1ccc(-c2cccc(C(F)(F)F)c2)o1. The fourth-order valence-corrected chi connectivity index (χ4v) is 5.91. The second kappa shape index (κ2) is 10.4. The van der Waals surface area contributed by atoms with E-state index in [-0.39, 0.29) is 23.7 Å². The highest BCUT2D eigenvalue weighted by molar-refractivity contribution is 8.19. The molecule has 1 N–H and O–H groups in total. The molecule has 0 unspecified atom stereocenters. The van der Waals surface area contributed by atoms with Crippen molar-refractivity contribution in [2.24, 2.45) is 5.10 Å². The van der Waals surface area contributed by atoms with Crippen molar-refractivity contribution in [3.8, 4) is 17.1 Å². The Morgan fingerprint density at radius 2 is 1.88 bits per heavy atom. The molecule has 33 heavy (non-hydrogen) atoms. The van der Waals surface area contributed by atoms with E-state index in [1.54, 1.807) is 6.07 Å².